The second-order valence-corrected chi connectivity index (χ2v) is 14.0. The Morgan fingerprint density at radius 2 is 1.40 bits per heavy atom. The topological polar surface area (TPSA) is 215 Å². The van der Waals surface area contributed by atoms with Crippen molar-refractivity contribution >= 4 is 91.4 Å². The van der Waals surface area contributed by atoms with Crippen LogP contribution < -0.4 is 34.7 Å². The first-order chi connectivity index (χ1) is 22.7. The van der Waals surface area contributed by atoms with E-state index < -0.39 is 59.8 Å². The molecule has 0 unspecified atom stereocenters. The lowest BCUT2D eigenvalue weighted by Gasteiger charge is -2.15. The first kappa shape index (κ1) is 34.5. The molecule has 1 aromatic carbocycles. The molecular weight excluding hydrogens is 713 g/mol. The van der Waals surface area contributed by atoms with E-state index in [2.05, 4.69) is 0 Å². The Bertz CT molecular complexity index is 2320. The number of carboxylic acids is 3. The van der Waals surface area contributed by atoms with Gasteiger partial charge in [0.1, 0.15) is 38.4 Å². The Kier molecular flexibility index (Phi) is 9.62. The van der Waals surface area contributed by atoms with Crippen LogP contribution in [0.25, 0.3) is 10.5 Å². The second-order valence-electron chi connectivity index (χ2n) is 10.0. The maximum Gasteiger partial charge on any atom is 0.323 e. The first-order valence-electron chi connectivity index (χ1n) is 13.4. The SMILES string of the molecule is COc1cc2c(cc1OC)N(C)/C(=C/C(C)=c1/s/c(=c3/s/c(=C4/SC(=O)N(CC(=O)O)C4=O)n(CC(=O)O)c3=O)n(CC(=O)O)c1=O)S2. The molecule has 2 aliphatic rings. The molecule has 3 N–H and O–H groups in total. The van der Waals surface area contributed by atoms with Gasteiger partial charge in [-0.05, 0) is 30.3 Å². The summed E-state index contributed by atoms with van der Waals surface area (Å²) in [6.07, 6.45) is 1.72. The third kappa shape index (κ3) is 6.25. The van der Waals surface area contributed by atoms with Gasteiger partial charge in [0, 0.05) is 24.1 Å². The van der Waals surface area contributed by atoms with Crippen LogP contribution in [-0.2, 0) is 32.3 Å². The number of fused-ring (bicyclic) bond motifs is 1. The number of benzene rings is 1. The molecule has 0 saturated carbocycles. The van der Waals surface area contributed by atoms with Crippen LogP contribution in [0, 0.1) is 9.20 Å². The fourth-order valence-corrected chi connectivity index (χ4v) is 9.33. The number of imide groups is 1. The number of allylic oxidation sites excluding steroid dienone is 1. The predicted octanol–water partition coefficient (Wildman–Crippen LogP) is 0.749. The van der Waals surface area contributed by atoms with E-state index in [1.54, 1.807) is 19.1 Å². The van der Waals surface area contributed by atoms with Crippen LogP contribution in [-0.4, -0.2) is 86.2 Å². The quantitative estimate of drug-likeness (QED) is 0.276. The number of aliphatic carboxylic acids is 3. The second kappa shape index (κ2) is 13.4. The summed E-state index contributed by atoms with van der Waals surface area (Å²) in [5.74, 6) is -4.33. The molecule has 0 radical (unpaired) electrons. The minimum absolute atomic E-state index is 0.0970. The van der Waals surface area contributed by atoms with Gasteiger partial charge in [0.05, 0.1) is 29.5 Å². The minimum Gasteiger partial charge on any atom is -0.493 e. The Balaban J connectivity index is 1.78. The molecule has 1 fully saturated rings. The Labute approximate surface area is 284 Å². The van der Waals surface area contributed by atoms with Crippen molar-refractivity contribution in [1.82, 2.24) is 14.0 Å². The number of rotatable bonds is 9. The monoisotopic (exact) mass is 736 g/mol. The largest absolute Gasteiger partial charge is 0.493 e. The van der Waals surface area contributed by atoms with E-state index in [9.17, 15) is 43.8 Å². The van der Waals surface area contributed by atoms with Gasteiger partial charge < -0.3 is 29.7 Å². The van der Waals surface area contributed by atoms with Crippen LogP contribution in [0.2, 0.25) is 0 Å². The van der Waals surface area contributed by atoms with Gasteiger partial charge in [0.15, 0.2) is 11.5 Å². The molecule has 16 nitrogen and oxygen atoms in total. The molecule has 1 saturated heterocycles. The zero-order valence-corrected chi connectivity index (χ0v) is 28.6. The number of aromatic nitrogens is 2. The lowest BCUT2D eigenvalue weighted by Crippen LogP contribution is -2.35. The molecular formula is C28H24N4O12S4. The summed E-state index contributed by atoms with van der Waals surface area (Å²) in [4.78, 5) is 90.4. The predicted molar refractivity (Wildman–Crippen MR) is 176 cm³/mol. The summed E-state index contributed by atoms with van der Waals surface area (Å²) >= 11 is 3.13. The fraction of sp³-hybridized carbons (Fsp3) is 0.250. The highest BCUT2D eigenvalue weighted by Crippen LogP contribution is 2.49. The van der Waals surface area contributed by atoms with Crippen LogP contribution in [0.5, 0.6) is 11.5 Å². The van der Waals surface area contributed by atoms with E-state index in [0.717, 1.165) is 31.1 Å². The van der Waals surface area contributed by atoms with Gasteiger partial charge in [-0.2, -0.15) is 0 Å². The third-order valence-electron chi connectivity index (χ3n) is 6.95. The number of nitrogens with zero attached hydrogens (tertiary/aromatic N) is 4. The summed E-state index contributed by atoms with van der Waals surface area (Å²) in [5, 5.41) is 28.1. The summed E-state index contributed by atoms with van der Waals surface area (Å²) in [7, 11) is 4.84. The van der Waals surface area contributed by atoms with Crippen molar-refractivity contribution in [3.8, 4) is 11.5 Å². The number of carboxylic acid groups (broad SMARTS) is 3. The van der Waals surface area contributed by atoms with E-state index in [1.165, 1.54) is 26.0 Å². The number of carbonyl (C=O) groups is 5. The van der Waals surface area contributed by atoms with Crippen LogP contribution in [0.15, 0.2) is 37.7 Å². The van der Waals surface area contributed by atoms with E-state index in [0.29, 0.717) is 50.1 Å². The first-order valence-corrected chi connectivity index (χ1v) is 16.7. The zero-order valence-electron chi connectivity index (χ0n) is 25.3. The van der Waals surface area contributed by atoms with Gasteiger partial charge in [0.2, 0.25) is 0 Å². The van der Waals surface area contributed by atoms with Crippen molar-refractivity contribution in [1.29, 1.82) is 0 Å². The van der Waals surface area contributed by atoms with Crippen LogP contribution in [0.1, 0.15) is 6.92 Å². The van der Waals surface area contributed by atoms with E-state index in [4.69, 9.17) is 14.6 Å². The maximum absolute atomic E-state index is 13.7. The van der Waals surface area contributed by atoms with E-state index in [1.807, 2.05) is 18.0 Å². The molecule has 5 rings (SSSR count). The number of ether oxygens (including phenoxy) is 2. The molecule has 0 aliphatic carbocycles. The number of hydrogen-bond acceptors (Lipinski definition) is 14. The highest BCUT2D eigenvalue weighted by atomic mass is 32.2. The van der Waals surface area contributed by atoms with Crippen molar-refractivity contribution in [3.05, 3.63) is 62.3 Å². The molecule has 2 aliphatic heterocycles. The Morgan fingerprint density at radius 1 is 0.812 bits per heavy atom. The molecule has 0 spiro atoms. The van der Waals surface area contributed by atoms with E-state index >= 15 is 0 Å². The molecule has 0 atom stereocenters. The number of hydrogen-bond donors (Lipinski definition) is 3. The van der Waals surface area contributed by atoms with Gasteiger partial charge in [-0.3, -0.25) is 47.6 Å². The standard InChI is InChI=1S/C28H24N4O12S4/c1-11(5-16-29(2)12-6-13(43-3)14(44-4)7-15(12)45-16)20-23(39)30(8-17(33)34)26(46-20)21-24(40)31(9-18(35)36)27(47-21)22-25(41)32(10-19(37)38)28(42)48-22/h5-7H,8-10H2,1-4H3,(H,33,34)(H,35,36)(H,37,38)/b16-5-,20-11+,26-21+,27-22+. The number of amides is 2. The average molecular weight is 737 g/mol. The van der Waals surface area contributed by atoms with Gasteiger partial charge in [-0.25, -0.2) is 0 Å². The summed E-state index contributed by atoms with van der Waals surface area (Å²) in [6.45, 7) is -1.09. The molecule has 48 heavy (non-hydrogen) atoms. The lowest BCUT2D eigenvalue weighted by molar-refractivity contribution is -0.140. The van der Waals surface area contributed by atoms with Gasteiger partial charge in [0.25, 0.3) is 22.3 Å². The number of carbonyl (C=O) groups excluding carboxylic acids is 2. The molecule has 20 heteroatoms. The van der Waals surface area contributed by atoms with E-state index in [-0.39, 0.29) is 23.3 Å². The summed E-state index contributed by atoms with van der Waals surface area (Å²) in [6, 6.07) is 3.61. The molecule has 0 bridgehead atoms. The Morgan fingerprint density at radius 3 is 1.98 bits per heavy atom. The van der Waals surface area contributed by atoms with Crippen molar-refractivity contribution in [2.75, 3.05) is 32.7 Å². The van der Waals surface area contributed by atoms with Crippen molar-refractivity contribution in [2.24, 2.45) is 0 Å². The van der Waals surface area contributed by atoms with Crippen LogP contribution in [0.3, 0.4) is 0 Å². The molecule has 4 heterocycles. The highest BCUT2D eigenvalue weighted by molar-refractivity contribution is 8.23. The third-order valence-corrected chi connectivity index (χ3v) is 11.8. The smallest absolute Gasteiger partial charge is 0.323 e. The highest BCUT2D eigenvalue weighted by Gasteiger charge is 2.38. The number of methoxy groups -OCH3 is 2. The average Bonchev–Trinajstić information content (AvgIpc) is 3.70. The number of anilines is 1. The number of thiazole rings is 2. The van der Waals surface area contributed by atoms with Crippen LogP contribution in [0.4, 0.5) is 10.5 Å². The minimum atomic E-state index is -1.47. The van der Waals surface area contributed by atoms with Crippen LogP contribution >= 0.6 is 46.2 Å². The summed E-state index contributed by atoms with van der Waals surface area (Å²) < 4.78 is 11.9. The molecule has 3 aromatic rings. The number of thioether (sulfide) groups is 2. The van der Waals surface area contributed by atoms with Gasteiger partial charge in [-0.15, -0.1) is 22.7 Å². The summed E-state index contributed by atoms with van der Waals surface area (Å²) in [5.41, 5.74) is -0.423. The molecule has 2 aromatic heterocycles. The van der Waals surface area contributed by atoms with Gasteiger partial charge in [-0.1, -0.05) is 11.8 Å². The lowest BCUT2D eigenvalue weighted by atomic mass is 10.2. The Hall–Kier alpha value is -4.79. The van der Waals surface area contributed by atoms with Gasteiger partial charge >= 0.3 is 17.9 Å². The maximum atomic E-state index is 13.7. The molecule has 252 valence electrons. The van der Waals surface area contributed by atoms with Crippen molar-refractivity contribution in [3.63, 3.8) is 0 Å². The zero-order chi connectivity index (χ0) is 35.2. The normalized spacial score (nSPS) is 17.6. The van der Waals surface area contributed by atoms with Crippen molar-refractivity contribution in [2.45, 2.75) is 24.9 Å². The fourth-order valence-electron chi connectivity index (χ4n) is 4.77. The molecule has 2 amide bonds. The van der Waals surface area contributed by atoms with Crippen molar-refractivity contribution < 1.29 is 48.8 Å².